The van der Waals surface area contributed by atoms with Gasteiger partial charge in [0, 0.05) is 45.9 Å². The molecule has 1 unspecified atom stereocenters. The van der Waals surface area contributed by atoms with Crippen LogP contribution in [-0.4, -0.2) is 99.7 Å². The molecule has 0 bridgehead atoms. The molecule has 3 atom stereocenters. The van der Waals surface area contributed by atoms with Gasteiger partial charge in [-0.25, -0.2) is 9.48 Å². The van der Waals surface area contributed by atoms with Gasteiger partial charge < -0.3 is 25.0 Å². The fourth-order valence-corrected chi connectivity index (χ4v) is 5.76. The van der Waals surface area contributed by atoms with Crippen LogP contribution in [-0.2, 0) is 16.0 Å². The first-order valence-corrected chi connectivity index (χ1v) is 14.4. The third-order valence-corrected chi connectivity index (χ3v) is 7.86. The Hall–Kier alpha value is -3.31. The number of piperidine rings is 1. The summed E-state index contributed by atoms with van der Waals surface area (Å²) in [5.41, 5.74) is 1.90. The summed E-state index contributed by atoms with van der Waals surface area (Å²) in [4.78, 5) is 42.4. The number of Topliss-reactive ketones (excluding diaryl/α,β-unsaturated/α-hetero) is 1. The van der Waals surface area contributed by atoms with E-state index in [1.54, 1.807) is 11.8 Å². The zero-order valence-electron chi connectivity index (χ0n) is 23.8. The molecule has 3 heterocycles. The highest BCUT2D eigenvalue weighted by molar-refractivity contribution is 5.99. The van der Waals surface area contributed by atoms with Crippen molar-refractivity contribution in [2.45, 2.75) is 64.5 Å². The van der Waals surface area contributed by atoms with E-state index in [-0.39, 0.29) is 36.7 Å². The molecule has 2 aliphatic rings. The second-order valence-electron chi connectivity index (χ2n) is 11.2. The average Bonchev–Trinajstić information content (AvgIpc) is 3.64. The lowest BCUT2D eigenvalue weighted by Crippen LogP contribution is -2.58. The SMILES string of the molecule is COCCCCc1c(C(=O)C(N[C@H]2C[C@@H](C(=O)N3CCCC3)CN(C(=O)O)C2)C(C)C)nnn1-c1ccccc1. The Labute approximate surface area is 235 Å². The van der Waals surface area contributed by atoms with Gasteiger partial charge in [-0.05, 0) is 56.6 Å². The maximum absolute atomic E-state index is 14.0. The number of amides is 2. The molecular formula is C29H42N6O5. The molecular weight excluding hydrogens is 512 g/mol. The van der Waals surface area contributed by atoms with E-state index in [4.69, 9.17) is 4.74 Å². The second kappa shape index (κ2) is 13.8. The predicted molar refractivity (Wildman–Crippen MR) is 150 cm³/mol. The van der Waals surface area contributed by atoms with Crippen LogP contribution in [0, 0.1) is 11.8 Å². The smallest absolute Gasteiger partial charge is 0.407 e. The minimum Gasteiger partial charge on any atom is -0.465 e. The summed E-state index contributed by atoms with van der Waals surface area (Å²) >= 11 is 0. The molecule has 11 nitrogen and oxygen atoms in total. The summed E-state index contributed by atoms with van der Waals surface area (Å²) in [6.07, 6.45) is 3.65. The summed E-state index contributed by atoms with van der Waals surface area (Å²) in [6, 6.07) is 8.67. The molecule has 2 N–H and O–H groups in total. The van der Waals surface area contributed by atoms with Crippen molar-refractivity contribution in [3.63, 3.8) is 0 Å². The summed E-state index contributed by atoms with van der Waals surface area (Å²) in [7, 11) is 1.67. The van der Waals surface area contributed by atoms with Gasteiger partial charge in [-0.15, -0.1) is 5.10 Å². The summed E-state index contributed by atoms with van der Waals surface area (Å²) in [5.74, 6) is -0.692. The maximum Gasteiger partial charge on any atom is 0.407 e. The first-order valence-electron chi connectivity index (χ1n) is 14.4. The third-order valence-electron chi connectivity index (χ3n) is 7.86. The van der Waals surface area contributed by atoms with Gasteiger partial charge in [0.25, 0.3) is 0 Å². The number of carbonyl (C=O) groups excluding carboxylic acids is 2. The zero-order valence-corrected chi connectivity index (χ0v) is 23.8. The Bertz CT molecular complexity index is 1150. The van der Waals surface area contributed by atoms with Crippen molar-refractivity contribution in [2.24, 2.45) is 11.8 Å². The summed E-state index contributed by atoms with van der Waals surface area (Å²) in [5, 5.41) is 22.0. The molecule has 4 rings (SSSR count). The molecule has 11 heteroatoms. The highest BCUT2D eigenvalue weighted by Crippen LogP contribution is 2.24. The number of methoxy groups -OCH3 is 1. The van der Waals surface area contributed by atoms with Crippen LogP contribution in [0.25, 0.3) is 5.69 Å². The van der Waals surface area contributed by atoms with Crippen LogP contribution in [0.5, 0.6) is 0 Å². The number of benzene rings is 1. The van der Waals surface area contributed by atoms with Gasteiger partial charge in [-0.1, -0.05) is 37.3 Å². The molecule has 2 amide bonds. The van der Waals surface area contributed by atoms with E-state index < -0.39 is 18.1 Å². The van der Waals surface area contributed by atoms with Crippen molar-refractivity contribution < 1.29 is 24.2 Å². The summed E-state index contributed by atoms with van der Waals surface area (Å²) < 4.78 is 6.93. The minimum absolute atomic E-state index is 0.00632. The highest BCUT2D eigenvalue weighted by Gasteiger charge is 2.39. The largest absolute Gasteiger partial charge is 0.465 e. The molecule has 2 saturated heterocycles. The van der Waals surface area contributed by atoms with Crippen molar-refractivity contribution in [2.75, 3.05) is 39.9 Å². The first-order chi connectivity index (χ1) is 19.3. The molecule has 0 radical (unpaired) electrons. The van der Waals surface area contributed by atoms with E-state index in [9.17, 15) is 19.5 Å². The number of rotatable bonds is 12. The number of ether oxygens (including phenoxy) is 1. The molecule has 0 aliphatic carbocycles. The number of nitrogens with zero attached hydrogens (tertiary/aromatic N) is 5. The molecule has 2 aromatic rings. The maximum atomic E-state index is 14.0. The third kappa shape index (κ3) is 7.06. The van der Waals surface area contributed by atoms with Gasteiger partial charge in [-0.3, -0.25) is 9.59 Å². The Kier molecular flexibility index (Phi) is 10.3. The van der Waals surface area contributed by atoms with Crippen molar-refractivity contribution in [3.8, 4) is 5.69 Å². The van der Waals surface area contributed by atoms with Crippen molar-refractivity contribution in [3.05, 3.63) is 41.7 Å². The average molecular weight is 555 g/mol. The number of carboxylic acid groups (broad SMARTS) is 1. The van der Waals surface area contributed by atoms with Crippen molar-refractivity contribution in [1.29, 1.82) is 0 Å². The zero-order chi connectivity index (χ0) is 28.6. The molecule has 0 spiro atoms. The van der Waals surface area contributed by atoms with Gasteiger partial charge in [0.2, 0.25) is 11.7 Å². The van der Waals surface area contributed by atoms with E-state index in [0.29, 0.717) is 25.1 Å². The Balaban J connectivity index is 1.56. The molecule has 2 aliphatic heterocycles. The quantitative estimate of drug-likeness (QED) is 0.303. The number of hydrogen-bond acceptors (Lipinski definition) is 7. The van der Waals surface area contributed by atoms with Gasteiger partial charge in [0.05, 0.1) is 23.3 Å². The van der Waals surface area contributed by atoms with Gasteiger partial charge >= 0.3 is 6.09 Å². The lowest BCUT2D eigenvalue weighted by Gasteiger charge is -2.39. The topological polar surface area (TPSA) is 130 Å². The monoisotopic (exact) mass is 554 g/mol. The van der Waals surface area contributed by atoms with Crippen LogP contribution in [0.3, 0.4) is 0 Å². The van der Waals surface area contributed by atoms with Crippen LogP contribution in [0.4, 0.5) is 4.79 Å². The molecule has 0 saturated carbocycles. The van der Waals surface area contributed by atoms with Gasteiger partial charge in [0.1, 0.15) is 0 Å². The highest BCUT2D eigenvalue weighted by atomic mass is 16.5. The van der Waals surface area contributed by atoms with Crippen molar-refractivity contribution >= 4 is 17.8 Å². The van der Waals surface area contributed by atoms with Crippen LogP contribution in [0.2, 0.25) is 0 Å². The number of unbranched alkanes of at least 4 members (excludes halogenated alkanes) is 1. The van der Waals surface area contributed by atoms with Crippen LogP contribution in [0.1, 0.15) is 62.1 Å². The number of para-hydroxylation sites is 1. The van der Waals surface area contributed by atoms with E-state index >= 15 is 0 Å². The van der Waals surface area contributed by atoms with E-state index in [0.717, 1.165) is 50.2 Å². The minimum atomic E-state index is -1.05. The van der Waals surface area contributed by atoms with Crippen LogP contribution in [0.15, 0.2) is 30.3 Å². The Morgan fingerprint density at radius 1 is 1.07 bits per heavy atom. The first kappa shape index (κ1) is 29.7. The van der Waals surface area contributed by atoms with E-state index in [1.807, 2.05) is 49.1 Å². The number of carbonyl (C=O) groups is 3. The van der Waals surface area contributed by atoms with Crippen LogP contribution >= 0.6 is 0 Å². The number of ketones is 1. The lowest BCUT2D eigenvalue weighted by molar-refractivity contribution is -0.136. The standard InChI is InChI=1S/C29H42N6O5/c1-20(2)25(30-22-17-21(18-34(19-22)29(38)39)28(37)33-14-8-9-15-33)27(36)26-24(13-7-10-16-40-3)35(32-31-26)23-11-5-4-6-12-23/h4-6,11-12,20-22,25,30H,7-10,13-19H2,1-3H3,(H,38,39)/t21-,22+,25?/m1/s1. The molecule has 218 valence electrons. The second-order valence-corrected chi connectivity index (χ2v) is 11.2. The van der Waals surface area contributed by atoms with Gasteiger partial charge in [0.15, 0.2) is 5.69 Å². The molecule has 1 aromatic heterocycles. The Morgan fingerprint density at radius 3 is 2.45 bits per heavy atom. The fourth-order valence-electron chi connectivity index (χ4n) is 5.76. The number of aromatic nitrogens is 3. The fraction of sp³-hybridized carbons (Fsp3) is 0.621. The number of nitrogens with one attached hydrogen (secondary N) is 1. The number of likely N-dealkylation sites (tertiary alicyclic amines) is 2. The lowest BCUT2D eigenvalue weighted by atomic mass is 9.90. The van der Waals surface area contributed by atoms with Crippen LogP contribution < -0.4 is 5.32 Å². The molecule has 1 aromatic carbocycles. The summed E-state index contributed by atoms with van der Waals surface area (Å²) in [6.45, 7) is 6.39. The normalized spacial score (nSPS) is 20.2. The van der Waals surface area contributed by atoms with Crippen molar-refractivity contribution in [1.82, 2.24) is 30.1 Å². The van der Waals surface area contributed by atoms with E-state index in [1.165, 1.54) is 4.90 Å². The Morgan fingerprint density at radius 2 is 1.80 bits per heavy atom. The molecule has 2 fully saturated rings. The molecule has 40 heavy (non-hydrogen) atoms. The van der Waals surface area contributed by atoms with Gasteiger partial charge in [-0.2, -0.15) is 0 Å². The predicted octanol–water partition coefficient (Wildman–Crippen LogP) is 3.02. The number of hydrogen-bond donors (Lipinski definition) is 2. The van der Waals surface area contributed by atoms with E-state index in [2.05, 4.69) is 15.6 Å².